The monoisotopic (exact) mass is 309 g/mol. The lowest BCUT2D eigenvalue weighted by Crippen LogP contribution is -2.12. The fraction of sp³-hybridized carbons (Fsp3) is 0.250. The second kappa shape index (κ2) is 7.14. The van der Waals surface area contributed by atoms with Gasteiger partial charge in [0.15, 0.2) is 0 Å². The zero-order chi connectivity index (χ0) is 16.9. The van der Waals surface area contributed by atoms with Gasteiger partial charge in [-0.25, -0.2) is 0 Å². The third-order valence-corrected chi connectivity index (χ3v) is 3.30. The Morgan fingerprint density at radius 1 is 1.04 bits per heavy atom. The summed E-state index contributed by atoms with van der Waals surface area (Å²) in [5.41, 5.74) is 2.49. The Hall–Kier alpha value is -2.55. The van der Waals surface area contributed by atoms with Gasteiger partial charge >= 0.3 is 0 Å². The molecule has 3 nitrogen and oxygen atoms in total. The predicted octanol–water partition coefficient (Wildman–Crippen LogP) is 5.01. The van der Waals surface area contributed by atoms with Crippen molar-refractivity contribution in [3.63, 3.8) is 0 Å². The molecule has 0 aliphatic rings. The van der Waals surface area contributed by atoms with Crippen molar-refractivity contribution in [1.82, 2.24) is 0 Å². The van der Waals surface area contributed by atoms with Gasteiger partial charge in [0, 0.05) is 5.56 Å². The third-order valence-electron chi connectivity index (χ3n) is 3.30. The highest BCUT2D eigenvalue weighted by Crippen LogP contribution is 2.24. The van der Waals surface area contributed by atoms with Crippen LogP contribution in [0.15, 0.2) is 54.6 Å². The third kappa shape index (κ3) is 4.99. The Morgan fingerprint density at radius 2 is 1.70 bits per heavy atom. The molecule has 2 aromatic rings. The number of benzene rings is 2. The van der Waals surface area contributed by atoms with E-state index < -0.39 is 0 Å². The van der Waals surface area contributed by atoms with E-state index >= 15 is 0 Å². The Bertz CT molecular complexity index is 694. The van der Waals surface area contributed by atoms with Gasteiger partial charge in [-0.1, -0.05) is 57.2 Å². The van der Waals surface area contributed by atoms with E-state index in [0.29, 0.717) is 17.0 Å². The number of amides is 1. The molecule has 2 aromatic carbocycles. The number of allylic oxidation sites excluding steroid dienone is 1. The number of rotatable bonds is 4. The molecule has 0 unspecified atom stereocenters. The second-order valence-electron chi connectivity index (χ2n) is 6.48. The van der Waals surface area contributed by atoms with Crippen LogP contribution in [-0.2, 0) is 0 Å². The van der Waals surface area contributed by atoms with Gasteiger partial charge in [0.2, 0.25) is 0 Å². The number of ether oxygens (including phenoxy) is 1. The zero-order valence-corrected chi connectivity index (χ0v) is 14.1. The van der Waals surface area contributed by atoms with Crippen molar-refractivity contribution in [3.8, 4) is 5.75 Å². The lowest BCUT2D eigenvalue weighted by Gasteiger charge is -2.11. The van der Waals surface area contributed by atoms with Crippen molar-refractivity contribution in [3.05, 3.63) is 65.7 Å². The largest absolute Gasteiger partial charge is 0.495 e. The first-order valence-electron chi connectivity index (χ1n) is 7.63. The molecule has 0 spiro atoms. The molecule has 0 aliphatic heterocycles. The van der Waals surface area contributed by atoms with E-state index in [1.54, 1.807) is 7.11 Å². The van der Waals surface area contributed by atoms with Crippen LogP contribution in [0.3, 0.4) is 0 Å². The van der Waals surface area contributed by atoms with Gasteiger partial charge < -0.3 is 10.1 Å². The van der Waals surface area contributed by atoms with E-state index in [1.807, 2.05) is 48.5 Å². The summed E-state index contributed by atoms with van der Waals surface area (Å²) in [6, 6.07) is 14.9. The molecule has 120 valence electrons. The normalized spacial score (nSPS) is 11.5. The maximum Gasteiger partial charge on any atom is 0.255 e. The highest BCUT2D eigenvalue weighted by Gasteiger charge is 2.09. The molecule has 0 heterocycles. The van der Waals surface area contributed by atoms with Crippen LogP contribution in [0.25, 0.3) is 6.08 Å². The first kappa shape index (κ1) is 16.8. The van der Waals surface area contributed by atoms with Crippen molar-refractivity contribution < 1.29 is 9.53 Å². The van der Waals surface area contributed by atoms with Crippen LogP contribution in [0.5, 0.6) is 5.75 Å². The van der Waals surface area contributed by atoms with Gasteiger partial charge in [-0.05, 0) is 35.2 Å². The molecule has 1 amide bonds. The minimum Gasteiger partial charge on any atom is -0.495 e. The Morgan fingerprint density at radius 3 is 2.30 bits per heavy atom. The highest BCUT2D eigenvalue weighted by atomic mass is 16.5. The van der Waals surface area contributed by atoms with Gasteiger partial charge in [0.1, 0.15) is 5.75 Å². The first-order valence-corrected chi connectivity index (χ1v) is 7.63. The maximum atomic E-state index is 12.3. The van der Waals surface area contributed by atoms with Crippen molar-refractivity contribution in [2.75, 3.05) is 12.4 Å². The molecule has 2 rings (SSSR count). The number of para-hydroxylation sites is 2. The number of anilines is 1. The molecule has 0 radical (unpaired) electrons. The number of carbonyl (C=O) groups excluding carboxylic acids is 1. The van der Waals surface area contributed by atoms with Crippen LogP contribution in [0.2, 0.25) is 0 Å². The summed E-state index contributed by atoms with van der Waals surface area (Å²) < 4.78 is 5.24. The summed E-state index contributed by atoms with van der Waals surface area (Å²) in [5.74, 6) is 0.492. The van der Waals surface area contributed by atoms with E-state index in [1.165, 1.54) is 0 Å². The van der Waals surface area contributed by atoms with Gasteiger partial charge in [0.05, 0.1) is 12.8 Å². The summed E-state index contributed by atoms with van der Waals surface area (Å²) in [7, 11) is 1.58. The van der Waals surface area contributed by atoms with Gasteiger partial charge in [-0.15, -0.1) is 0 Å². The van der Waals surface area contributed by atoms with Crippen molar-refractivity contribution in [2.45, 2.75) is 20.8 Å². The standard InChI is InChI=1S/C20H23NO2/c1-20(2,3)14-13-15-9-11-16(12-10-15)19(22)21-17-7-5-6-8-18(17)23-4/h5-14H,1-4H3,(H,21,22). The maximum absolute atomic E-state index is 12.3. The summed E-state index contributed by atoms with van der Waals surface area (Å²) in [6.45, 7) is 6.45. The molecule has 3 heteroatoms. The van der Waals surface area contributed by atoms with E-state index in [4.69, 9.17) is 4.74 Å². The summed E-state index contributed by atoms with van der Waals surface area (Å²) in [4.78, 5) is 12.3. The second-order valence-corrected chi connectivity index (χ2v) is 6.48. The van der Waals surface area contributed by atoms with Crippen LogP contribution < -0.4 is 10.1 Å². The molecule has 23 heavy (non-hydrogen) atoms. The average molecular weight is 309 g/mol. The number of carbonyl (C=O) groups is 1. The van der Waals surface area contributed by atoms with Crippen LogP contribution in [0.1, 0.15) is 36.7 Å². The Balaban J connectivity index is 2.10. The summed E-state index contributed by atoms with van der Waals surface area (Å²) in [5, 5.41) is 2.87. The van der Waals surface area contributed by atoms with E-state index in [-0.39, 0.29) is 11.3 Å². The molecule has 0 atom stereocenters. The van der Waals surface area contributed by atoms with E-state index in [9.17, 15) is 4.79 Å². The quantitative estimate of drug-likeness (QED) is 0.862. The molecule has 0 aliphatic carbocycles. The molecule has 0 saturated heterocycles. The van der Waals surface area contributed by atoms with Gasteiger partial charge in [0.25, 0.3) is 5.91 Å². The van der Waals surface area contributed by atoms with Gasteiger partial charge in [-0.2, -0.15) is 0 Å². The minimum atomic E-state index is -0.152. The zero-order valence-electron chi connectivity index (χ0n) is 14.1. The molecule has 0 saturated carbocycles. The van der Waals surface area contributed by atoms with Crippen LogP contribution in [0.4, 0.5) is 5.69 Å². The van der Waals surface area contributed by atoms with E-state index in [2.05, 4.69) is 38.2 Å². The van der Waals surface area contributed by atoms with Crippen LogP contribution in [-0.4, -0.2) is 13.0 Å². The number of methoxy groups -OCH3 is 1. The fourth-order valence-electron chi connectivity index (χ4n) is 2.03. The first-order chi connectivity index (χ1) is 10.9. The fourth-order valence-corrected chi connectivity index (χ4v) is 2.03. The van der Waals surface area contributed by atoms with Crippen molar-refractivity contribution in [2.24, 2.45) is 5.41 Å². The van der Waals surface area contributed by atoms with Crippen molar-refractivity contribution in [1.29, 1.82) is 0 Å². The number of nitrogens with one attached hydrogen (secondary N) is 1. The minimum absolute atomic E-state index is 0.139. The lowest BCUT2D eigenvalue weighted by molar-refractivity contribution is 0.102. The predicted molar refractivity (Wildman–Crippen MR) is 95.9 cm³/mol. The number of hydrogen-bond donors (Lipinski definition) is 1. The van der Waals surface area contributed by atoms with Crippen molar-refractivity contribution >= 4 is 17.7 Å². The average Bonchev–Trinajstić information content (AvgIpc) is 2.53. The Labute approximate surface area is 138 Å². The molecule has 0 aromatic heterocycles. The summed E-state index contributed by atoms with van der Waals surface area (Å²) in [6.07, 6.45) is 4.22. The smallest absolute Gasteiger partial charge is 0.255 e. The van der Waals surface area contributed by atoms with E-state index in [0.717, 1.165) is 5.56 Å². The van der Waals surface area contributed by atoms with Gasteiger partial charge in [-0.3, -0.25) is 4.79 Å². The lowest BCUT2D eigenvalue weighted by atomic mass is 9.95. The molecule has 0 fully saturated rings. The highest BCUT2D eigenvalue weighted by molar-refractivity contribution is 6.05. The SMILES string of the molecule is COc1ccccc1NC(=O)c1ccc(C=CC(C)(C)C)cc1. The van der Waals surface area contributed by atoms with Crippen LogP contribution >= 0.6 is 0 Å². The Kier molecular flexibility index (Phi) is 5.22. The molecule has 1 N–H and O–H groups in total. The molecular weight excluding hydrogens is 286 g/mol. The summed E-state index contributed by atoms with van der Waals surface area (Å²) >= 11 is 0. The molecule has 0 bridgehead atoms. The topological polar surface area (TPSA) is 38.3 Å². The number of hydrogen-bond acceptors (Lipinski definition) is 2. The molecular formula is C20H23NO2. The van der Waals surface area contributed by atoms with Crippen LogP contribution in [0, 0.1) is 5.41 Å².